The van der Waals surface area contributed by atoms with E-state index in [1.807, 2.05) is 0 Å². The van der Waals surface area contributed by atoms with Crippen molar-refractivity contribution < 1.29 is 0 Å². The van der Waals surface area contributed by atoms with Crippen molar-refractivity contribution >= 4 is 0 Å². The molecule has 1 heteroatoms. The summed E-state index contributed by atoms with van der Waals surface area (Å²) in [5.41, 5.74) is 0.722. The van der Waals surface area contributed by atoms with Gasteiger partial charge < -0.3 is 4.90 Å². The Bertz CT molecular complexity index is 118. The molecule has 1 nitrogen and oxygen atoms in total. The van der Waals surface area contributed by atoms with E-state index in [0.717, 1.165) is 11.5 Å². The van der Waals surface area contributed by atoms with Crippen LogP contribution in [0.1, 0.15) is 19.8 Å². The van der Waals surface area contributed by atoms with Crippen LogP contribution in [0.25, 0.3) is 0 Å². The summed E-state index contributed by atoms with van der Waals surface area (Å²) in [6.07, 6.45) is 2.86. The lowest BCUT2D eigenvalue weighted by Gasteiger charge is -2.37. The minimum Gasteiger partial charge on any atom is -0.300 e. The van der Waals surface area contributed by atoms with Crippen LogP contribution < -0.4 is 0 Å². The molecule has 1 aliphatic carbocycles. The average molecular weight is 111 g/mol. The van der Waals surface area contributed by atoms with Crippen LogP contribution in [0.2, 0.25) is 0 Å². The second-order valence-electron chi connectivity index (χ2n) is 3.24. The normalized spacial score (nSPS) is 52.5. The zero-order valence-electron chi connectivity index (χ0n) is 5.65. The van der Waals surface area contributed by atoms with Gasteiger partial charge >= 0.3 is 0 Å². The second-order valence-corrected chi connectivity index (χ2v) is 3.24. The lowest BCUT2D eigenvalue weighted by molar-refractivity contribution is 0.108. The minimum atomic E-state index is 0.722. The van der Waals surface area contributed by atoms with Crippen molar-refractivity contribution in [2.45, 2.75) is 25.3 Å². The van der Waals surface area contributed by atoms with Crippen molar-refractivity contribution in [3.8, 4) is 0 Å². The highest BCUT2D eigenvalue weighted by atomic mass is 15.3. The smallest absolute Gasteiger partial charge is 0.0248 e. The van der Waals surface area contributed by atoms with Crippen LogP contribution in [-0.2, 0) is 0 Å². The Hall–Kier alpha value is -0.0400. The maximum Gasteiger partial charge on any atom is 0.0248 e. The predicted molar refractivity (Wildman–Crippen MR) is 33.8 cm³/mol. The van der Waals surface area contributed by atoms with Gasteiger partial charge in [-0.2, -0.15) is 0 Å². The number of nitrogens with zero attached hydrogens (tertiary/aromatic N) is 1. The molecule has 1 aliphatic heterocycles. The topological polar surface area (TPSA) is 3.24 Å². The number of hydrogen-bond donors (Lipinski definition) is 0. The van der Waals surface area contributed by atoms with Crippen molar-refractivity contribution in [3.63, 3.8) is 0 Å². The van der Waals surface area contributed by atoms with Crippen LogP contribution >= 0.6 is 0 Å². The maximum atomic E-state index is 2.50. The van der Waals surface area contributed by atoms with Crippen LogP contribution in [-0.4, -0.2) is 24.0 Å². The average Bonchev–Trinajstić information content (AvgIpc) is 2.36. The van der Waals surface area contributed by atoms with Gasteiger partial charge in [0.15, 0.2) is 0 Å². The predicted octanol–water partition coefficient (Wildman–Crippen LogP) is 1.10. The molecule has 0 aromatic carbocycles. The quantitative estimate of drug-likeness (QED) is 0.490. The fraction of sp³-hybridized carbons (Fsp3) is 1.00. The zero-order chi connectivity index (χ0) is 5.78. The number of likely N-dealkylation sites (tertiary alicyclic amines) is 1. The van der Waals surface area contributed by atoms with Crippen molar-refractivity contribution in [3.05, 3.63) is 0 Å². The summed E-state index contributed by atoms with van der Waals surface area (Å²) in [4.78, 5) is 2.50. The van der Waals surface area contributed by atoms with E-state index in [9.17, 15) is 0 Å². The van der Waals surface area contributed by atoms with E-state index in [0.29, 0.717) is 0 Å². The zero-order valence-corrected chi connectivity index (χ0v) is 5.65. The Morgan fingerprint density at radius 3 is 2.62 bits per heavy atom. The Morgan fingerprint density at radius 2 is 2.50 bits per heavy atom. The molecule has 1 heterocycles. The van der Waals surface area contributed by atoms with E-state index in [1.165, 1.54) is 19.4 Å². The number of hydrogen-bond acceptors (Lipinski definition) is 1. The highest BCUT2D eigenvalue weighted by Gasteiger charge is 2.63. The Balaban J connectivity index is 2.09. The molecule has 0 aromatic rings. The monoisotopic (exact) mass is 111 g/mol. The second kappa shape index (κ2) is 1.10. The number of fused-ring (bicyclic) bond motifs is 1. The third kappa shape index (κ3) is 0.304. The summed E-state index contributed by atoms with van der Waals surface area (Å²) in [7, 11) is 2.24. The molecule has 0 bridgehead atoms. The van der Waals surface area contributed by atoms with Gasteiger partial charge in [-0.15, -0.1) is 0 Å². The summed E-state index contributed by atoms with van der Waals surface area (Å²) < 4.78 is 0. The molecule has 8 heavy (non-hydrogen) atoms. The molecule has 2 aliphatic rings. The molecule has 1 saturated heterocycles. The summed E-state index contributed by atoms with van der Waals surface area (Å²) in [5.74, 6) is 1.09. The fourth-order valence-corrected chi connectivity index (χ4v) is 2.17. The van der Waals surface area contributed by atoms with E-state index in [2.05, 4.69) is 18.9 Å². The van der Waals surface area contributed by atoms with Crippen LogP contribution in [0.15, 0.2) is 0 Å². The van der Waals surface area contributed by atoms with Crippen LogP contribution in [0, 0.1) is 5.92 Å². The summed E-state index contributed by atoms with van der Waals surface area (Å²) in [5, 5.41) is 0. The first-order chi connectivity index (χ1) is 3.79. The van der Waals surface area contributed by atoms with Gasteiger partial charge in [-0.1, -0.05) is 6.92 Å². The molecule has 0 radical (unpaired) electrons. The molecule has 2 unspecified atom stereocenters. The first kappa shape index (κ1) is 4.80. The third-order valence-electron chi connectivity index (χ3n) is 3.07. The Labute approximate surface area is 50.7 Å². The van der Waals surface area contributed by atoms with Gasteiger partial charge in [-0.3, -0.25) is 0 Å². The van der Waals surface area contributed by atoms with Gasteiger partial charge in [-0.05, 0) is 25.8 Å². The molecular formula is C7H13N. The van der Waals surface area contributed by atoms with E-state index in [4.69, 9.17) is 0 Å². The van der Waals surface area contributed by atoms with Gasteiger partial charge in [0.25, 0.3) is 0 Å². The maximum absolute atomic E-state index is 2.50. The fourth-order valence-electron chi connectivity index (χ4n) is 2.17. The number of rotatable bonds is 1. The van der Waals surface area contributed by atoms with Gasteiger partial charge in [0.2, 0.25) is 0 Å². The van der Waals surface area contributed by atoms with Crippen molar-refractivity contribution in [2.75, 3.05) is 13.6 Å². The lowest BCUT2D eigenvalue weighted by Crippen LogP contribution is -2.46. The van der Waals surface area contributed by atoms with Crippen molar-refractivity contribution in [2.24, 2.45) is 5.92 Å². The molecule has 2 fully saturated rings. The first-order valence-electron chi connectivity index (χ1n) is 3.51. The summed E-state index contributed by atoms with van der Waals surface area (Å²) in [6, 6.07) is 0. The van der Waals surface area contributed by atoms with E-state index < -0.39 is 0 Å². The van der Waals surface area contributed by atoms with E-state index in [-0.39, 0.29) is 0 Å². The van der Waals surface area contributed by atoms with Crippen LogP contribution in [0.5, 0.6) is 0 Å². The van der Waals surface area contributed by atoms with Gasteiger partial charge in [0, 0.05) is 12.1 Å². The molecule has 2 atom stereocenters. The van der Waals surface area contributed by atoms with Crippen LogP contribution in [0.3, 0.4) is 0 Å². The molecule has 0 aromatic heterocycles. The Morgan fingerprint density at radius 1 is 1.75 bits per heavy atom. The van der Waals surface area contributed by atoms with Crippen LogP contribution in [0.4, 0.5) is 0 Å². The third-order valence-corrected chi connectivity index (χ3v) is 3.07. The molecule has 46 valence electrons. The molecule has 0 amide bonds. The van der Waals surface area contributed by atoms with E-state index in [1.54, 1.807) is 0 Å². The largest absolute Gasteiger partial charge is 0.300 e. The molecule has 1 saturated carbocycles. The lowest BCUT2D eigenvalue weighted by atomic mass is 10.0. The van der Waals surface area contributed by atoms with Gasteiger partial charge in [0.05, 0.1) is 0 Å². The molecular weight excluding hydrogens is 98.1 g/mol. The highest BCUT2D eigenvalue weighted by Crippen LogP contribution is 2.58. The molecule has 2 rings (SSSR count). The highest BCUT2D eigenvalue weighted by molar-refractivity contribution is 5.18. The standard InChI is InChI=1S/C7H13N/c1-3-7-4-6(7)5-8(7)2/h6H,3-5H2,1-2H3. The Kier molecular flexibility index (Phi) is 0.663. The summed E-state index contributed by atoms with van der Waals surface area (Å²) in [6.45, 7) is 3.67. The first-order valence-corrected chi connectivity index (χ1v) is 3.51. The molecule has 0 spiro atoms. The SMILES string of the molecule is CCC12CC1CN2C. The van der Waals surface area contributed by atoms with Crippen molar-refractivity contribution in [1.29, 1.82) is 0 Å². The molecule has 0 N–H and O–H groups in total. The van der Waals surface area contributed by atoms with Gasteiger partial charge in [-0.25, -0.2) is 0 Å². The van der Waals surface area contributed by atoms with Gasteiger partial charge in [0.1, 0.15) is 0 Å². The summed E-state index contributed by atoms with van der Waals surface area (Å²) >= 11 is 0. The van der Waals surface area contributed by atoms with Crippen molar-refractivity contribution in [1.82, 2.24) is 4.90 Å². The minimum absolute atomic E-state index is 0.722. The van der Waals surface area contributed by atoms with E-state index >= 15 is 0 Å².